The number of fused-ring (bicyclic) bond motifs is 1. The topological polar surface area (TPSA) is 76.5 Å². The van der Waals surface area contributed by atoms with Gasteiger partial charge in [0.15, 0.2) is 0 Å². The highest BCUT2D eigenvalue weighted by Gasteiger charge is 2.32. The molecule has 2 aromatic rings. The van der Waals surface area contributed by atoms with Crippen LogP contribution in [0, 0.1) is 5.92 Å². The molecule has 106 valence electrons. The number of hydrogen-bond acceptors (Lipinski definition) is 4. The van der Waals surface area contributed by atoms with E-state index in [2.05, 4.69) is 16.9 Å². The minimum absolute atomic E-state index is 0.0440. The van der Waals surface area contributed by atoms with Crippen molar-refractivity contribution in [3.05, 3.63) is 30.4 Å². The maximum Gasteiger partial charge on any atom is 0.274 e. The predicted octanol–water partition coefficient (Wildman–Crippen LogP) is 0.929. The Balaban J connectivity index is 1.90. The number of piperidine rings is 1. The van der Waals surface area contributed by atoms with Crippen molar-refractivity contribution < 1.29 is 4.79 Å². The molecule has 1 amide bonds. The number of amides is 1. The summed E-state index contributed by atoms with van der Waals surface area (Å²) in [6.07, 6.45) is 7.39. The molecule has 0 unspecified atom stereocenters. The van der Waals surface area contributed by atoms with Crippen LogP contribution in [-0.2, 0) is 0 Å². The smallest absolute Gasteiger partial charge is 0.274 e. The van der Waals surface area contributed by atoms with Crippen molar-refractivity contribution in [3.8, 4) is 0 Å². The first kappa shape index (κ1) is 13.1. The molecule has 0 aromatic carbocycles. The Labute approximate surface area is 117 Å². The van der Waals surface area contributed by atoms with Crippen molar-refractivity contribution in [1.82, 2.24) is 19.3 Å². The lowest BCUT2D eigenvalue weighted by Crippen LogP contribution is -2.51. The van der Waals surface area contributed by atoms with Gasteiger partial charge in [0.05, 0.1) is 0 Å². The molecule has 2 aromatic heterocycles. The zero-order chi connectivity index (χ0) is 14.1. The van der Waals surface area contributed by atoms with Gasteiger partial charge in [-0.05, 0) is 24.8 Å². The molecule has 3 rings (SSSR count). The van der Waals surface area contributed by atoms with Gasteiger partial charge in [-0.15, -0.1) is 0 Å². The molecule has 2 N–H and O–H groups in total. The minimum atomic E-state index is -0.0440. The van der Waals surface area contributed by atoms with Crippen molar-refractivity contribution in [2.45, 2.75) is 25.8 Å². The van der Waals surface area contributed by atoms with Gasteiger partial charge in [-0.2, -0.15) is 0 Å². The van der Waals surface area contributed by atoms with E-state index >= 15 is 0 Å². The summed E-state index contributed by atoms with van der Waals surface area (Å²) < 4.78 is 1.76. The molecule has 0 saturated carbocycles. The van der Waals surface area contributed by atoms with E-state index in [1.165, 1.54) is 0 Å². The van der Waals surface area contributed by atoms with Gasteiger partial charge in [-0.1, -0.05) is 6.92 Å². The van der Waals surface area contributed by atoms with Crippen LogP contribution in [0.2, 0.25) is 0 Å². The highest BCUT2D eigenvalue weighted by Crippen LogP contribution is 2.24. The summed E-state index contributed by atoms with van der Waals surface area (Å²) in [6.45, 7) is 3.41. The van der Waals surface area contributed by atoms with Gasteiger partial charge >= 0.3 is 0 Å². The number of nitrogens with two attached hydrogens (primary N) is 1. The molecule has 6 heteroatoms. The second kappa shape index (κ2) is 5.20. The van der Waals surface area contributed by atoms with Crippen LogP contribution in [0.4, 0.5) is 0 Å². The Morgan fingerprint density at radius 2 is 2.40 bits per heavy atom. The number of imidazole rings is 1. The molecule has 20 heavy (non-hydrogen) atoms. The summed E-state index contributed by atoms with van der Waals surface area (Å²) in [6, 6.07) is 1.92. The molecule has 1 aliphatic rings. The van der Waals surface area contributed by atoms with E-state index in [9.17, 15) is 4.79 Å². The number of rotatable bonds is 2. The Hall–Kier alpha value is -1.95. The van der Waals surface area contributed by atoms with Crippen LogP contribution in [0.15, 0.2) is 24.7 Å². The van der Waals surface area contributed by atoms with Crippen molar-refractivity contribution >= 4 is 11.7 Å². The summed E-state index contributed by atoms with van der Waals surface area (Å²) in [5.74, 6) is 0.940. The summed E-state index contributed by atoms with van der Waals surface area (Å²) in [5.41, 5.74) is 6.28. The molecule has 0 radical (unpaired) electrons. The molecule has 0 spiro atoms. The van der Waals surface area contributed by atoms with Gasteiger partial charge in [0, 0.05) is 37.7 Å². The van der Waals surface area contributed by atoms with Gasteiger partial charge in [0.2, 0.25) is 5.78 Å². The predicted molar refractivity (Wildman–Crippen MR) is 75.3 cm³/mol. The number of carbonyl (C=O) groups is 1. The van der Waals surface area contributed by atoms with E-state index in [0.29, 0.717) is 23.9 Å². The van der Waals surface area contributed by atoms with Crippen LogP contribution < -0.4 is 5.73 Å². The lowest BCUT2D eigenvalue weighted by Gasteiger charge is -2.39. The van der Waals surface area contributed by atoms with Crippen LogP contribution in [0.5, 0.6) is 0 Å². The third kappa shape index (κ3) is 2.16. The number of hydrogen-bond donors (Lipinski definition) is 1. The fourth-order valence-corrected chi connectivity index (χ4v) is 2.94. The Morgan fingerprint density at radius 1 is 1.55 bits per heavy atom. The van der Waals surface area contributed by atoms with Crippen LogP contribution in [0.25, 0.3) is 5.78 Å². The van der Waals surface area contributed by atoms with E-state index in [-0.39, 0.29) is 11.9 Å². The summed E-state index contributed by atoms with van der Waals surface area (Å²) in [7, 11) is 0. The van der Waals surface area contributed by atoms with E-state index in [4.69, 9.17) is 5.73 Å². The van der Waals surface area contributed by atoms with E-state index in [1.54, 1.807) is 16.8 Å². The maximum atomic E-state index is 12.7. The molecular formula is C14H19N5O. The third-order valence-electron chi connectivity index (χ3n) is 4.07. The largest absolute Gasteiger partial charge is 0.333 e. The zero-order valence-corrected chi connectivity index (χ0v) is 11.6. The summed E-state index contributed by atoms with van der Waals surface area (Å²) in [4.78, 5) is 23.0. The minimum Gasteiger partial charge on any atom is -0.333 e. The van der Waals surface area contributed by atoms with Gasteiger partial charge < -0.3 is 10.6 Å². The number of aromatic nitrogens is 3. The van der Waals surface area contributed by atoms with Gasteiger partial charge in [0.25, 0.3) is 5.91 Å². The van der Waals surface area contributed by atoms with Crippen LogP contribution in [0.3, 0.4) is 0 Å². The maximum absolute atomic E-state index is 12.7. The first-order valence-corrected chi connectivity index (χ1v) is 7.01. The van der Waals surface area contributed by atoms with Gasteiger partial charge in [-0.3, -0.25) is 9.20 Å². The second-order valence-corrected chi connectivity index (χ2v) is 5.37. The Kier molecular flexibility index (Phi) is 3.40. The van der Waals surface area contributed by atoms with E-state index < -0.39 is 0 Å². The second-order valence-electron chi connectivity index (χ2n) is 5.37. The lowest BCUT2D eigenvalue weighted by atomic mass is 9.90. The fourth-order valence-electron chi connectivity index (χ4n) is 2.94. The average Bonchev–Trinajstić information content (AvgIpc) is 2.90. The van der Waals surface area contributed by atoms with Crippen LogP contribution in [-0.4, -0.2) is 44.3 Å². The fraction of sp³-hybridized carbons (Fsp3) is 0.500. The first-order chi connectivity index (χ1) is 9.70. The number of nitrogens with zero attached hydrogens (tertiary/aromatic N) is 4. The van der Waals surface area contributed by atoms with Crippen LogP contribution >= 0.6 is 0 Å². The monoisotopic (exact) mass is 273 g/mol. The lowest BCUT2D eigenvalue weighted by molar-refractivity contribution is 0.0527. The molecule has 3 heterocycles. The quantitative estimate of drug-likeness (QED) is 0.883. The van der Waals surface area contributed by atoms with E-state index in [1.807, 2.05) is 17.2 Å². The molecule has 0 aliphatic carbocycles. The SMILES string of the molecule is C[C@H]1CCCN(C(=O)c2cn3cccnc3n2)[C@@H]1CN. The van der Waals surface area contributed by atoms with Crippen LogP contribution in [0.1, 0.15) is 30.3 Å². The zero-order valence-electron chi connectivity index (χ0n) is 11.6. The average molecular weight is 273 g/mol. The first-order valence-electron chi connectivity index (χ1n) is 7.01. The normalized spacial score (nSPS) is 23.2. The molecule has 1 aliphatic heterocycles. The summed E-state index contributed by atoms with van der Waals surface area (Å²) in [5, 5.41) is 0. The molecule has 1 saturated heterocycles. The highest BCUT2D eigenvalue weighted by molar-refractivity contribution is 5.93. The molecule has 0 bridgehead atoms. The van der Waals surface area contributed by atoms with Crippen molar-refractivity contribution in [1.29, 1.82) is 0 Å². The number of likely N-dealkylation sites (tertiary alicyclic amines) is 1. The molecule has 6 nitrogen and oxygen atoms in total. The standard InChI is InChI=1S/C14H19N5O/c1-10-4-2-7-19(12(10)8-15)13(20)11-9-18-6-3-5-16-14(18)17-11/h3,5-6,9-10,12H,2,4,7-8,15H2,1H3/t10-,12+/m0/s1. The van der Waals surface area contributed by atoms with Crippen molar-refractivity contribution in [2.24, 2.45) is 11.7 Å². The van der Waals surface area contributed by atoms with E-state index in [0.717, 1.165) is 19.4 Å². The third-order valence-corrected chi connectivity index (χ3v) is 4.07. The highest BCUT2D eigenvalue weighted by atomic mass is 16.2. The van der Waals surface area contributed by atoms with Gasteiger partial charge in [0.1, 0.15) is 5.69 Å². The van der Waals surface area contributed by atoms with Crippen molar-refractivity contribution in [3.63, 3.8) is 0 Å². The van der Waals surface area contributed by atoms with Gasteiger partial charge in [-0.25, -0.2) is 9.97 Å². The Bertz CT molecular complexity index is 590. The molecule has 2 atom stereocenters. The summed E-state index contributed by atoms with van der Waals surface area (Å²) >= 11 is 0. The molecular weight excluding hydrogens is 254 g/mol. The number of carbonyl (C=O) groups excluding carboxylic acids is 1. The Morgan fingerprint density at radius 3 is 3.15 bits per heavy atom. The molecule has 1 fully saturated rings. The van der Waals surface area contributed by atoms with Crippen molar-refractivity contribution in [2.75, 3.05) is 13.1 Å².